The van der Waals surface area contributed by atoms with E-state index in [2.05, 4.69) is 5.32 Å². The van der Waals surface area contributed by atoms with Gasteiger partial charge >= 0.3 is 0 Å². The van der Waals surface area contributed by atoms with Crippen LogP contribution in [-0.2, 0) is 6.61 Å². The first-order valence-corrected chi connectivity index (χ1v) is 8.75. The first kappa shape index (κ1) is 18.0. The van der Waals surface area contributed by atoms with E-state index >= 15 is 0 Å². The summed E-state index contributed by atoms with van der Waals surface area (Å²) in [6.07, 6.45) is 0. The van der Waals surface area contributed by atoms with Gasteiger partial charge in [-0.15, -0.1) is 0 Å². The lowest BCUT2D eigenvalue weighted by Crippen LogP contribution is -2.12. The topological polar surface area (TPSA) is 38.3 Å². The fourth-order valence-electron chi connectivity index (χ4n) is 2.63. The van der Waals surface area contributed by atoms with Gasteiger partial charge in [0, 0.05) is 21.8 Å². The zero-order chi connectivity index (χ0) is 18.5. The molecular weight excluding hydrogens is 346 g/mol. The van der Waals surface area contributed by atoms with Crippen molar-refractivity contribution in [2.24, 2.45) is 0 Å². The van der Waals surface area contributed by atoms with E-state index in [-0.39, 0.29) is 5.91 Å². The highest BCUT2D eigenvalue weighted by Gasteiger charge is 2.08. The molecule has 3 nitrogen and oxygen atoms in total. The van der Waals surface area contributed by atoms with Crippen LogP contribution in [-0.4, -0.2) is 5.91 Å². The molecule has 0 aromatic heterocycles. The van der Waals surface area contributed by atoms with Crippen LogP contribution in [0.1, 0.15) is 27.0 Å². The molecule has 0 heterocycles. The summed E-state index contributed by atoms with van der Waals surface area (Å²) >= 11 is 6.12. The molecule has 0 saturated carbocycles. The van der Waals surface area contributed by atoms with Gasteiger partial charge in [-0.25, -0.2) is 0 Å². The lowest BCUT2D eigenvalue weighted by atomic mass is 10.1. The van der Waals surface area contributed by atoms with Gasteiger partial charge in [-0.3, -0.25) is 4.79 Å². The Kier molecular flexibility index (Phi) is 5.59. The fourth-order valence-corrected chi connectivity index (χ4v) is 2.82. The summed E-state index contributed by atoms with van der Waals surface area (Å²) in [4.78, 5) is 12.4. The smallest absolute Gasteiger partial charge is 0.255 e. The number of anilines is 1. The Bertz CT molecular complexity index is 920. The van der Waals surface area contributed by atoms with E-state index in [0.29, 0.717) is 22.9 Å². The average molecular weight is 366 g/mol. The predicted molar refractivity (Wildman–Crippen MR) is 106 cm³/mol. The van der Waals surface area contributed by atoms with Gasteiger partial charge in [0.25, 0.3) is 5.91 Å². The maximum absolute atomic E-state index is 12.4. The minimum atomic E-state index is -0.144. The van der Waals surface area contributed by atoms with E-state index in [4.69, 9.17) is 16.3 Å². The number of nitrogens with one attached hydrogen (secondary N) is 1. The number of hydrogen-bond acceptors (Lipinski definition) is 2. The van der Waals surface area contributed by atoms with Crippen LogP contribution < -0.4 is 10.1 Å². The molecule has 132 valence electrons. The molecule has 0 unspecified atom stereocenters. The van der Waals surface area contributed by atoms with E-state index in [1.165, 1.54) is 5.56 Å². The third kappa shape index (κ3) is 4.44. The summed E-state index contributed by atoms with van der Waals surface area (Å²) in [5.74, 6) is 0.544. The molecular formula is C22H20ClNO2. The quantitative estimate of drug-likeness (QED) is 0.621. The number of amides is 1. The number of carbonyl (C=O) groups is 1. The molecule has 3 aromatic carbocycles. The molecule has 0 atom stereocenters. The van der Waals surface area contributed by atoms with Crippen LogP contribution in [0.2, 0.25) is 5.02 Å². The van der Waals surface area contributed by atoms with Gasteiger partial charge in [0.1, 0.15) is 12.4 Å². The highest BCUT2D eigenvalue weighted by atomic mass is 35.5. The van der Waals surface area contributed by atoms with Gasteiger partial charge in [0.15, 0.2) is 0 Å². The second-order valence-electron chi connectivity index (χ2n) is 6.18. The van der Waals surface area contributed by atoms with Crippen molar-refractivity contribution in [3.05, 3.63) is 94.0 Å². The van der Waals surface area contributed by atoms with Crippen molar-refractivity contribution in [3.63, 3.8) is 0 Å². The monoisotopic (exact) mass is 365 g/mol. The minimum Gasteiger partial charge on any atom is -0.489 e. The molecule has 0 saturated heterocycles. The summed E-state index contributed by atoms with van der Waals surface area (Å²) in [7, 11) is 0. The van der Waals surface area contributed by atoms with Crippen molar-refractivity contribution >= 4 is 23.2 Å². The van der Waals surface area contributed by atoms with Gasteiger partial charge in [0.05, 0.1) is 0 Å². The van der Waals surface area contributed by atoms with E-state index < -0.39 is 0 Å². The van der Waals surface area contributed by atoms with Crippen LogP contribution >= 0.6 is 11.6 Å². The maximum Gasteiger partial charge on any atom is 0.255 e. The first-order valence-electron chi connectivity index (χ1n) is 8.38. The Morgan fingerprint density at radius 3 is 2.42 bits per heavy atom. The fraction of sp³-hybridized carbons (Fsp3) is 0.136. The molecule has 3 aromatic rings. The van der Waals surface area contributed by atoms with Crippen LogP contribution in [0.25, 0.3) is 0 Å². The zero-order valence-electron chi connectivity index (χ0n) is 14.8. The molecule has 0 bridgehead atoms. The molecule has 0 aliphatic carbocycles. The Morgan fingerprint density at radius 1 is 1.00 bits per heavy atom. The van der Waals surface area contributed by atoms with Crippen LogP contribution in [0.5, 0.6) is 5.75 Å². The molecule has 26 heavy (non-hydrogen) atoms. The van der Waals surface area contributed by atoms with Gasteiger partial charge in [-0.05, 0) is 55.8 Å². The number of carbonyl (C=O) groups excluding carboxylic acids is 1. The van der Waals surface area contributed by atoms with Crippen LogP contribution in [0.3, 0.4) is 0 Å². The number of halogens is 1. The molecule has 4 heteroatoms. The Hall–Kier alpha value is -2.78. The van der Waals surface area contributed by atoms with Gasteiger partial charge < -0.3 is 10.1 Å². The van der Waals surface area contributed by atoms with Crippen LogP contribution in [0.4, 0.5) is 5.69 Å². The number of hydrogen-bond donors (Lipinski definition) is 1. The Balaban J connectivity index is 1.63. The van der Waals surface area contributed by atoms with E-state index in [1.807, 2.05) is 56.3 Å². The van der Waals surface area contributed by atoms with Crippen LogP contribution in [0, 0.1) is 13.8 Å². The van der Waals surface area contributed by atoms with Gasteiger partial charge in [-0.1, -0.05) is 47.5 Å². The zero-order valence-corrected chi connectivity index (χ0v) is 15.5. The highest BCUT2D eigenvalue weighted by molar-refractivity contribution is 6.31. The highest BCUT2D eigenvalue weighted by Crippen LogP contribution is 2.20. The summed E-state index contributed by atoms with van der Waals surface area (Å²) in [5, 5.41) is 3.62. The van der Waals surface area contributed by atoms with Crippen molar-refractivity contribution < 1.29 is 9.53 Å². The lowest BCUT2D eigenvalue weighted by molar-refractivity contribution is 0.102. The van der Waals surface area contributed by atoms with Crippen molar-refractivity contribution in [1.29, 1.82) is 0 Å². The largest absolute Gasteiger partial charge is 0.489 e. The standard InChI is InChI=1S/C22H20ClNO2/c1-15-7-12-21(16(2)13-15)24-22(25)17-8-10-19(11-9-17)26-14-18-5-3-4-6-20(18)23/h3-13H,14H2,1-2H3,(H,24,25). The Morgan fingerprint density at radius 2 is 1.73 bits per heavy atom. The summed E-state index contributed by atoms with van der Waals surface area (Å²) < 4.78 is 5.74. The van der Waals surface area contributed by atoms with Gasteiger partial charge in [0.2, 0.25) is 0 Å². The van der Waals surface area contributed by atoms with Gasteiger partial charge in [-0.2, -0.15) is 0 Å². The van der Waals surface area contributed by atoms with Crippen molar-refractivity contribution in [2.75, 3.05) is 5.32 Å². The number of ether oxygens (including phenoxy) is 1. The number of rotatable bonds is 5. The Labute approximate surface area is 158 Å². The first-order chi connectivity index (χ1) is 12.5. The third-order valence-electron chi connectivity index (χ3n) is 4.10. The average Bonchev–Trinajstić information content (AvgIpc) is 2.64. The lowest BCUT2D eigenvalue weighted by Gasteiger charge is -2.10. The van der Waals surface area contributed by atoms with E-state index in [0.717, 1.165) is 16.8 Å². The van der Waals surface area contributed by atoms with Crippen LogP contribution in [0.15, 0.2) is 66.7 Å². The minimum absolute atomic E-state index is 0.144. The normalized spacial score (nSPS) is 10.4. The summed E-state index contributed by atoms with van der Waals surface area (Å²) in [6.45, 7) is 4.39. The molecule has 0 aliphatic rings. The maximum atomic E-state index is 12.4. The number of aryl methyl sites for hydroxylation is 2. The molecule has 3 rings (SSSR count). The van der Waals surface area contributed by atoms with E-state index in [9.17, 15) is 4.79 Å². The van der Waals surface area contributed by atoms with Crippen molar-refractivity contribution in [2.45, 2.75) is 20.5 Å². The molecule has 0 spiro atoms. The molecule has 1 N–H and O–H groups in total. The molecule has 0 aliphatic heterocycles. The van der Waals surface area contributed by atoms with E-state index in [1.54, 1.807) is 24.3 Å². The second-order valence-corrected chi connectivity index (χ2v) is 6.58. The third-order valence-corrected chi connectivity index (χ3v) is 4.47. The van der Waals surface area contributed by atoms with Crippen molar-refractivity contribution in [1.82, 2.24) is 0 Å². The van der Waals surface area contributed by atoms with Crippen molar-refractivity contribution in [3.8, 4) is 5.75 Å². The summed E-state index contributed by atoms with van der Waals surface area (Å²) in [5.41, 5.74) is 4.53. The predicted octanol–water partition coefficient (Wildman–Crippen LogP) is 5.79. The summed E-state index contributed by atoms with van der Waals surface area (Å²) in [6, 6.07) is 20.6. The second kappa shape index (κ2) is 8.07. The molecule has 0 fully saturated rings. The molecule has 0 radical (unpaired) electrons. The molecule has 1 amide bonds. The number of benzene rings is 3. The SMILES string of the molecule is Cc1ccc(NC(=O)c2ccc(OCc3ccccc3Cl)cc2)c(C)c1.